The monoisotopic (exact) mass is 338 g/mol. The molecule has 25 heavy (non-hydrogen) atoms. The lowest BCUT2D eigenvalue weighted by molar-refractivity contribution is -0.138. The molecule has 2 N–H and O–H groups in total. The molecule has 0 fully saturated rings. The van der Waals surface area contributed by atoms with Gasteiger partial charge in [0.1, 0.15) is 5.41 Å². The van der Waals surface area contributed by atoms with Gasteiger partial charge in [-0.3, -0.25) is 9.59 Å². The average Bonchev–Trinajstić information content (AvgIpc) is 2.63. The van der Waals surface area contributed by atoms with E-state index in [-0.39, 0.29) is 11.8 Å². The maximum absolute atomic E-state index is 13.1. The number of hydrogen-bond donors (Lipinski definition) is 2. The van der Waals surface area contributed by atoms with E-state index in [0.29, 0.717) is 24.2 Å². The van der Waals surface area contributed by atoms with E-state index < -0.39 is 5.41 Å². The second kappa shape index (κ2) is 9.02. The quantitative estimate of drug-likeness (QED) is 0.676. The van der Waals surface area contributed by atoms with Crippen LogP contribution in [0.2, 0.25) is 0 Å². The highest BCUT2D eigenvalue weighted by Gasteiger charge is 2.44. The molecule has 2 aromatic carbocycles. The zero-order chi connectivity index (χ0) is 18.1. The van der Waals surface area contributed by atoms with E-state index in [2.05, 4.69) is 10.6 Å². The van der Waals surface area contributed by atoms with E-state index in [1.165, 1.54) is 0 Å². The van der Waals surface area contributed by atoms with Crippen LogP contribution in [-0.2, 0) is 9.59 Å². The predicted molar refractivity (Wildman–Crippen MR) is 102 cm³/mol. The van der Waals surface area contributed by atoms with Crippen molar-refractivity contribution in [3.63, 3.8) is 0 Å². The molecule has 0 unspecified atom stereocenters. The van der Waals surface area contributed by atoms with Gasteiger partial charge in [0.05, 0.1) is 0 Å². The van der Waals surface area contributed by atoms with Crippen molar-refractivity contribution in [2.24, 2.45) is 5.41 Å². The molecular weight excluding hydrogens is 312 g/mol. The SMILES string of the molecule is CCCC(CCC)(C(=O)Nc1ccccc1)C(=O)Nc1ccccc1. The van der Waals surface area contributed by atoms with Gasteiger partial charge in [-0.15, -0.1) is 0 Å². The Bertz CT molecular complexity index is 622. The fraction of sp³-hybridized carbons (Fsp3) is 0.333. The van der Waals surface area contributed by atoms with Crippen molar-refractivity contribution in [3.05, 3.63) is 60.7 Å². The first-order valence-electron chi connectivity index (χ1n) is 8.85. The van der Waals surface area contributed by atoms with Crippen LogP contribution in [0.4, 0.5) is 11.4 Å². The van der Waals surface area contributed by atoms with E-state index in [9.17, 15) is 9.59 Å². The van der Waals surface area contributed by atoms with Crippen LogP contribution < -0.4 is 10.6 Å². The smallest absolute Gasteiger partial charge is 0.240 e. The highest BCUT2D eigenvalue weighted by molar-refractivity contribution is 6.14. The first-order chi connectivity index (χ1) is 12.1. The second-order valence-electron chi connectivity index (χ2n) is 6.22. The molecule has 0 aliphatic rings. The number of nitrogens with one attached hydrogen (secondary N) is 2. The van der Waals surface area contributed by atoms with Gasteiger partial charge in [-0.2, -0.15) is 0 Å². The normalized spacial score (nSPS) is 11.0. The predicted octanol–water partition coefficient (Wildman–Crippen LogP) is 4.85. The minimum Gasteiger partial charge on any atom is -0.325 e. The molecule has 0 heterocycles. The minimum absolute atomic E-state index is 0.240. The van der Waals surface area contributed by atoms with Crippen LogP contribution in [0.15, 0.2) is 60.7 Å². The molecular formula is C21H26N2O2. The van der Waals surface area contributed by atoms with Crippen LogP contribution in [0.3, 0.4) is 0 Å². The molecule has 0 radical (unpaired) electrons. The molecule has 4 heteroatoms. The van der Waals surface area contributed by atoms with Gasteiger partial charge < -0.3 is 10.6 Å². The van der Waals surface area contributed by atoms with E-state index >= 15 is 0 Å². The third kappa shape index (κ3) is 4.69. The lowest BCUT2D eigenvalue weighted by Gasteiger charge is -2.31. The van der Waals surface area contributed by atoms with E-state index in [1.807, 2.05) is 74.5 Å². The molecule has 2 rings (SSSR count). The highest BCUT2D eigenvalue weighted by Crippen LogP contribution is 2.33. The maximum Gasteiger partial charge on any atom is 0.240 e. The summed E-state index contributed by atoms with van der Waals surface area (Å²) in [7, 11) is 0. The van der Waals surface area contributed by atoms with Gasteiger partial charge in [-0.1, -0.05) is 63.1 Å². The number of carbonyl (C=O) groups is 2. The summed E-state index contributed by atoms with van der Waals surface area (Å²) in [4.78, 5) is 26.1. The summed E-state index contributed by atoms with van der Waals surface area (Å²) in [5.74, 6) is -0.480. The molecule has 0 spiro atoms. The molecule has 2 aromatic rings. The van der Waals surface area contributed by atoms with Crippen molar-refractivity contribution in [1.82, 2.24) is 0 Å². The van der Waals surface area contributed by atoms with Gasteiger partial charge in [0, 0.05) is 11.4 Å². The Morgan fingerprint density at radius 1 is 0.720 bits per heavy atom. The number of benzene rings is 2. The molecule has 0 bridgehead atoms. The zero-order valence-electron chi connectivity index (χ0n) is 14.9. The summed E-state index contributed by atoms with van der Waals surface area (Å²) in [6, 6.07) is 18.5. The van der Waals surface area contributed by atoms with E-state index in [1.54, 1.807) is 0 Å². The molecule has 2 amide bonds. The summed E-state index contributed by atoms with van der Waals surface area (Å²) in [5, 5.41) is 5.84. The lowest BCUT2D eigenvalue weighted by atomic mass is 9.77. The highest BCUT2D eigenvalue weighted by atomic mass is 16.2. The van der Waals surface area contributed by atoms with Crippen molar-refractivity contribution in [2.75, 3.05) is 10.6 Å². The molecule has 0 aliphatic carbocycles. The fourth-order valence-electron chi connectivity index (χ4n) is 3.08. The van der Waals surface area contributed by atoms with Crippen LogP contribution in [0, 0.1) is 5.41 Å². The number of amides is 2. The van der Waals surface area contributed by atoms with Gasteiger partial charge in [-0.05, 0) is 37.1 Å². The maximum atomic E-state index is 13.1. The van der Waals surface area contributed by atoms with Gasteiger partial charge in [-0.25, -0.2) is 0 Å². The minimum atomic E-state index is -1.07. The molecule has 0 saturated carbocycles. The molecule has 0 aliphatic heterocycles. The number of para-hydroxylation sites is 2. The standard InChI is InChI=1S/C21H26N2O2/c1-3-15-21(16-4-2,19(24)22-17-11-7-5-8-12-17)20(25)23-18-13-9-6-10-14-18/h5-14H,3-4,15-16H2,1-2H3,(H,22,24)(H,23,25). The summed E-state index contributed by atoms with van der Waals surface area (Å²) >= 11 is 0. The van der Waals surface area contributed by atoms with E-state index in [0.717, 1.165) is 12.8 Å². The first kappa shape index (κ1) is 18.7. The summed E-state index contributed by atoms with van der Waals surface area (Å²) in [5.41, 5.74) is 0.336. The van der Waals surface area contributed by atoms with Crippen LogP contribution in [0.25, 0.3) is 0 Å². The largest absolute Gasteiger partial charge is 0.325 e. The van der Waals surface area contributed by atoms with Crippen LogP contribution >= 0.6 is 0 Å². The van der Waals surface area contributed by atoms with Crippen molar-refractivity contribution in [2.45, 2.75) is 39.5 Å². The van der Waals surface area contributed by atoms with Gasteiger partial charge in [0.15, 0.2) is 0 Å². The van der Waals surface area contributed by atoms with Crippen molar-refractivity contribution in [1.29, 1.82) is 0 Å². The Morgan fingerprint density at radius 3 is 1.40 bits per heavy atom. The van der Waals surface area contributed by atoms with Gasteiger partial charge in [0.25, 0.3) is 0 Å². The number of anilines is 2. The Kier molecular flexibility index (Phi) is 6.75. The molecule has 0 atom stereocenters. The topological polar surface area (TPSA) is 58.2 Å². The molecule has 0 aromatic heterocycles. The van der Waals surface area contributed by atoms with Crippen molar-refractivity contribution in [3.8, 4) is 0 Å². The number of rotatable bonds is 8. The average molecular weight is 338 g/mol. The summed E-state index contributed by atoms with van der Waals surface area (Å²) in [6.45, 7) is 3.99. The fourth-order valence-corrected chi connectivity index (χ4v) is 3.08. The second-order valence-corrected chi connectivity index (χ2v) is 6.22. The van der Waals surface area contributed by atoms with Crippen molar-refractivity contribution >= 4 is 23.2 Å². The zero-order valence-corrected chi connectivity index (χ0v) is 14.9. The molecule has 4 nitrogen and oxygen atoms in total. The third-order valence-corrected chi connectivity index (χ3v) is 4.29. The van der Waals surface area contributed by atoms with Crippen LogP contribution in [-0.4, -0.2) is 11.8 Å². The molecule has 0 saturated heterocycles. The van der Waals surface area contributed by atoms with Crippen LogP contribution in [0.1, 0.15) is 39.5 Å². The summed E-state index contributed by atoms with van der Waals surface area (Å²) in [6.07, 6.45) is 2.53. The Labute approximate surface area is 149 Å². The number of carbonyl (C=O) groups excluding carboxylic acids is 2. The number of hydrogen-bond acceptors (Lipinski definition) is 2. The Hall–Kier alpha value is -2.62. The Balaban J connectivity index is 2.28. The first-order valence-corrected chi connectivity index (χ1v) is 8.85. The Morgan fingerprint density at radius 2 is 1.08 bits per heavy atom. The van der Waals surface area contributed by atoms with Gasteiger partial charge >= 0.3 is 0 Å². The molecule has 132 valence electrons. The van der Waals surface area contributed by atoms with Gasteiger partial charge in [0.2, 0.25) is 11.8 Å². The van der Waals surface area contributed by atoms with E-state index in [4.69, 9.17) is 0 Å². The van der Waals surface area contributed by atoms with Crippen molar-refractivity contribution < 1.29 is 9.59 Å². The third-order valence-electron chi connectivity index (χ3n) is 4.29. The van der Waals surface area contributed by atoms with Crippen LogP contribution in [0.5, 0.6) is 0 Å². The lowest BCUT2D eigenvalue weighted by Crippen LogP contribution is -2.46. The summed E-state index contributed by atoms with van der Waals surface area (Å²) < 4.78 is 0.